The molecule has 0 aromatic heterocycles. The van der Waals surface area contributed by atoms with Gasteiger partial charge in [0.15, 0.2) is 0 Å². The van der Waals surface area contributed by atoms with Crippen LogP contribution in [-0.2, 0) is 4.79 Å². The van der Waals surface area contributed by atoms with Gasteiger partial charge in [0, 0.05) is 35.8 Å². The monoisotopic (exact) mass is 389 g/mol. The third kappa shape index (κ3) is 3.70. The van der Waals surface area contributed by atoms with Crippen LogP contribution in [0, 0.1) is 5.92 Å². The van der Waals surface area contributed by atoms with E-state index < -0.39 is 0 Å². The first-order chi connectivity index (χ1) is 12.3. The highest BCUT2D eigenvalue weighted by molar-refractivity contribution is 7.99. The SMILES string of the molecule is Cl.NCC1CCN(C(=O)CCN2c3ccccc3Sc3ccccc32)C1. The topological polar surface area (TPSA) is 49.6 Å². The highest BCUT2D eigenvalue weighted by Gasteiger charge is 2.27. The molecule has 2 N–H and O–H groups in total. The molecule has 138 valence electrons. The fraction of sp³-hybridized carbons (Fsp3) is 0.350. The number of hydrogen-bond acceptors (Lipinski definition) is 4. The van der Waals surface area contributed by atoms with Gasteiger partial charge in [0.05, 0.1) is 11.4 Å². The Morgan fingerprint density at radius 2 is 1.69 bits per heavy atom. The molecule has 4 nitrogen and oxygen atoms in total. The van der Waals surface area contributed by atoms with E-state index in [1.165, 1.54) is 21.2 Å². The molecule has 2 aromatic carbocycles. The van der Waals surface area contributed by atoms with Crippen molar-refractivity contribution in [2.24, 2.45) is 11.7 Å². The molecule has 2 heterocycles. The van der Waals surface area contributed by atoms with Crippen LogP contribution in [-0.4, -0.2) is 37.0 Å². The minimum absolute atomic E-state index is 0. The quantitative estimate of drug-likeness (QED) is 0.861. The highest BCUT2D eigenvalue weighted by atomic mass is 35.5. The van der Waals surface area contributed by atoms with Gasteiger partial charge in [-0.05, 0) is 43.1 Å². The van der Waals surface area contributed by atoms with Gasteiger partial charge in [-0.2, -0.15) is 0 Å². The fourth-order valence-electron chi connectivity index (χ4n) is 3.64. The maximum atomic E-state index is 12.6. The molecule has 0 spiro atoms. The van der Waals surface area contributed by atoms with Gasteiger partial charge in [-0.3, -0.25) is 4.79 Å². The number of nitrogens with zero attached hydrogens (tertiary/aromatic N) is 2. The molecule has 2 aliphatic heterocycles. The van der Waals surface area contributed by atoms with Crippen LogP contribution in [0.15, 0.2) is 58.3 Å². The lowest BCUT2D eigenvalue weighted by atomic mass is 10.1. The molecule has 0 bridgehead atoms. The molecule has 0 aliphatic carbocycles. The van der Waals surface area contributed by atoms with Crippen LogP contribution >= 0.6 is 24.2 Å². The van der Waals surface area contributed by atoms with E-state index in [0.29, 0.717) is 25.4 Å². The summed E-state index contributed by atoms with van der Waals surface area (Å²) in [5.41, 5.74) is 8.13. The third-order valence-corrected chi connectivity index (χ3v) is 6.18. The molecule has 0 saturated carbocycles. The Hall–Kier alpha value is -1.69. The molecule has 2 aromatic rings. The van der Waals surface area contributed by atoms with E-state index in [9.17, 15) is 4.79 Å². The summed E-state index contributed by atoms with van der Waals surface area (Å²) >= 11 is 1.80. The van der Waals surface area contributed by atoms with Crippen molar-refractivity contribution < 1.29 is 4.79 Å². The summed E-state index contributed by atoms with van der Waals surface area (Å²) < 4.78 is 0. The van der Waals surface area contributed by atoms with Gasteiger partial charge in [0.1, 0.15) is 0 Å². The second-order valence-corrected chi connectivity index (χ2v) is 7.75. The van der Waals surface area contributed by atoms with Crippen molar-refractivity contribution >= 4 is 41.5 Å². The first-order valence-electron chi connectivity index (χ1n) is 8.87. The Labute approximate surface area is 165 Å². The number of likely N-dealkylation sites (tertiary alicyclic amines) is 1. The molecule has 1 atom stereocenters. The van der Waals surface area contributed by atoms with Crippen LogP contribution in [0.5, 0.6) is 0 Å². The fourth-order valence-corrected chi connectivity index (χ4v) is 4.73. The first kappa shape index (κ1) is 19.1. The smallest absolute Gasteiger partial charge is 0.224 e. The number of hydrogen-bond donors (Lipinski definition) is 1. The van der Waals surface area contributed by atoms with Gasteiger partial charge in [0.2, 0.25) is 5.91 Å². The number of benzene rings is 2. The minimum Gasteiger partial charge on any atom is -0.342 e. The molecule has 6 heteroatoms. The standard InChI is InChI=1S/C20H23N3OS.ClH/c21-13-15-9-11-22(14-15)20(24)10-12-23-16-5-1-3-7-18(16)25-19-8-4-2-6-17(19)23;/h1-8,15H,9-14,21H2;1H. The Bertz CT molecular complexity index is 740. The molecule has 2 aliphatic rings. The maximum absolute atomic E-state index is 12.6. The lowest BCUT2D eigenvalue weighted by molar-refractivity contribution is -0.130. The Morgan fingerprint density at radius 1 is 1.08 bits per heavy atom. The van der Waals surface area contributed by atoms with Crippen LogP contribution in [0.25, 0.3) is 0 Å². The van der Waals surface area contributed by atoms with E-state index in [4.69, 9.17) is 5.73 Å². The largest absolute Gasteiger partial charge is 0.342 e. The Morgan fingerprint density at radius 3 is 2.27 bits per heavy atom. The number of fused-ring (bicyclic) bond motifs is 2. The zero-order valence-corrected chi connectivity index (χ0v) is 16.3. The number of carbonyl (C=O) groups excluding carboxylic acids is 1. The number of rotatable bonds is 4. The predicted octanol–water partition coefficient (Wildman–Crippen LogP) is 3.91. The van der Waals surface area contributed by atoms with Crippen molar-refractivity contribution in [3.8, 4) is 0 Å². The summed E-state index contributed by atoms with van der Waals surface area (Å²) in [4.78, 5) is 19.4. The third-order valence-electron chi connectivity index (χ3n) is 5.05. The van der Waals surface area contributed by atoms with Gasteiger partial charge in [-0.25, -0.2) is 0 Å². The number of amides is 1. The van der Waals surface area contributed by atoms with Crippen molar-refractivity contribution in [2.75, 3.05) is 31.1 Å². The summed E-state index contributed by atoms with van der Waals surface area (Å²) in [5, 5.41) is 0. The number of nitrogens with two attached hydrogens (primary N) is 1. The van der Waals surface area contributed by atoms with E-state index in [-0.39, 0.29) is 18.3 Å². The van der Waals surface area contributed by atoms with Crippen molar-refractivity contribution in [2.45, 2.75) is 22.6 Å². The van der Waals surface area contributed by atoms with Crippen LogP contribution in [0.3, 0.4) is 0 Å². The maximum Gasteiger partial charge on any atom is 0.224 e. The normalized spacial score (nSPS) is 18.1. The molecular weight excluding hydrogens is 366 g/mol. The molecule has 4 rings (SSSR count). The summed E-state index contributed by atoms with van der Waals surface area (Å²) in [6.07, 6.45) is 1.57. The number of anilines is 2. The molecule has 1 unspecified atom stereocenters. The summed E-state index contributed by atoms with van der Waals surface area (Å²) in [5.74, 6) is 0.709. The van der Waals surface area contributed by atoms with Crippen LogP contribution in [0.4, 0.5) is 11.4 Å². The number of para-hydroxylation sites is 2. The zero-order chi connectivity index (χ0) is 17.2. The van der Waals surface area contributed by atoms with Gasteiger partial charge < -0.3 is 15.5 Å². The minimum atomic E-state index is 0. The lowest BCUT2D eigenvalue weighted by Crippen LogP contribution is -2.33. The Kier molecular flexibility index (Phi) is 6.12. The lowest BCUT2D eigenvalue weighted by Gasteiger charge is -2.33. The summed E-state index contributed by atoms with van der Waals surface area (Å²) in [6.45, 7) is 3.05. The van der Waals surface area contributed by atoms with Gasteiger partial charge in [0.25, 0.3) is 0 Å². The second-order valence-electron chi connectivity index (χ2n) is 6.67. The van der Waals surface area contributed by atoms with Crippen molar-refractivity contribution in [1.29, 1.82) is 0 Å². The summed E-state index contributed by atoms with van der Waals surface area (Å²) in [6, 6.07) is 16.9. The van der Waals surface area contributed by atoms with E-state index in [1.54, 1.807) is 11.8 Å². The zero-order valence-electron chi connectivity index (χ0n) is 14.6. The van der Waals surface area contributed by atoms with Gasteiger partial charge in [-0.1, -0.05) is 36.0 Å². The molecule has 0 radical (unpaired) electrons. The average Bonchev–Trinajstić information content (AvgIpc) is 3.14. The van der Waals surface area contributed by atoms with E-state index >= 15 is 0 Å². The van der Waals surface area contributed by atoms with Crippen LogP contribution in [0.2, 0.25) is 0 Å². The molecular formula is C20H24ClN3OS. The van der Waals surface area contributed by atoms with Gasteiger partial charge in [-0.15, -0.1) is 12.4 Å². The molecule has 1 amide bonds. The van der Waals surface area contributed by atoms with E-state index in [1.807, 2.05) is 4.90 Å². The second kappa shape index (κ2) is 8.33. The highest BCUT2D eigenvalue weighted by Crippen LogP contribution is 2.47. The van der Waals surface area contributed by atoms with Crippen molar-refractivity contribution in [3.05, 3.63) is 48.5 Å². The van der Waals surface area contributed by atoms with Gasteiger partial charge >= 0.3 is 0 Å². The number of halogens is 1. The van der Waals surface area contributed by atoms with Crippen LogP contribution < -0.4 is 10.6 Å². The van der Waals surface area contributed by atoms with E-state index in [0.717, 1.165) is 19.5 Å². The predicted molar refractivity (Wildman–Crippen MR) is 110 cm³/mol. The van der Waals surface area contributed by atoms with E-state index in [2.05, 4.69) is 53.4 Å². The molecule has 1 saturated heterocycles. The summed E-state index contributed by atoms with van der Waals surface area (Å²) in [7, 11) is 0. The van der Waals surface area contributed by atoms with Crippen molar-refractivity contribution in [1.82, 2.24) is 4.90 Å². The number of carbonyl (C=O) groups is 1. The molecule has 1 fully saturated rings. The average molecular weight is 390 g/mol. The molecule has 26 heavy (non-hydrogen) atoms. The van der Waals surface area contributed by atoms with Crippen molar-refractivity contribution in [3.63, 3.8) is 0 Å². The Balaban J connectivity index is 0.00000196. The first-order valence-corrected chi connectivity index (χ1v) is 9.69. The van der Waals surface area contributed by atoms with Crippen LogP contribution in [0.1, 0.15) is 12.8 Å².